The second kappa shape index (κ2) is 7.17. The second-order valence-electron chi connectivity index (χ2n) is 4.65. The molecule has 0 aliphatic carbocycles. The van der Waals surface area contributed by atoms with Crippen molar-refractivity contribution in [3.63, 3.8) is 0 Å². The van der Waals surface area contributed by atoms with Crippen LogP contribution in [0.4, 0.5) is 5.69 Å². The fraction of sp³-hybridized carbons (Fsp3) is 0.333. The fourth-order valence-electron chi connectivity index (χ4n) is 1.96. The van der Waals surface area contributed by atoms with Crippen molar-refractivity contribution < 1.29 is 4.74 Å². The van der Waals surface area contributed by atoms with E-state index in [1.807, 2.05) is 12.1 Å². The van der Waals surface area contributed by atoms with Crippen LogP contribution in [-0.4, -0.2) is 17.1 Å². The molecule has 0 spiro atoms. The average Bonchev–Trinajstić information content (AvgIpc) is 2.45. The van der Waals surface area contributed by atoms with Crippen molar-refractivity contribution in [2.75, 3.05) is 12.8 Å². The smallest absolute Gasteiger partial charge is 0.251 e. The van der Waals surface area contributed by atoms with Gasteiger partial charge in [-0.1, -0.05) is 31.2 Å². The van der Waals surface area contributed by atoms with Crippen LogP contribution in [0.1, 0.15) is 24.6 Å². The summed E-state index contributed by atoms with van der Waals surface area (Å²) in [6, 6.07) is 7.11. The van der Waals surface area contributed by atoms with Gasteiger partial charge in [-0.05, 0) is 12.5 Å². The molecule has 2 aromatic rings. The minimum absolute atomic E-state index is 0.111. The molecule has 112 valence electrons. The number of rotatable bonds is 6. The number of aromatic amines is 1. The fourth-order valence-corrected chi connectivity index (χ4v) is 2.85. The maximum atomic E-state index is 11.6. The molecule has 0 radical (unpaired) electrons. The first-order valence-electron chi connectivity index (χ1n) is 6.77. The third kappa shape index (κ3) is 4.26. The second-order valence-corrected chi connectivity index (χ2v) is 5.62. The molecule has 0 unspecified atom stereocenters. The summed E-state index contributed by atoms with van der Waals surface area (Å²) >= 11 is 1.48. The Morgan fingerprint density at radius 2 is 2.19 bits per heavy atom. The zero-order valence-corrected chi connectivity index (χ0v) is 13.0. The van der Waals surface area contributed by atoms with Gasteiger partial charge in [-0.15, -0.1) is 0 Å². The Morgan fingerprint density at radius 1 is 1.38 bits per heavy atom. The number of thioether (sulfide) groups is 1. The van der Waals surface area contributed by atoms with Gasteiger partial charge in [-0.3, -0.25) is 4.79 Å². The number of ether oxygens (including phenoxy) is 1. The predicted molar refractivity (Wildman–Crippen MR) is 85.8 cm³/mol. The maximum absolute atomic E-state index is 11.6. The number of hydrogen-bond acceptors (Lipinski definition) is 5. The van der Waals surface area contributed by atoms with E-state index in [0.29, 0.717) is 16.6 Å². The molecular weight excluding hydrogens is 286 g/mol. The topological polar surface area (TPSA) is 81.0 Å². The van der Waals surface area contributed by atoms with E-state index in [2.05, 4.69) is 16.9 Å². The number of H-pyrrole nitrogens is 1. The van der Waals surface area contributed by atoms with Crippen molar-refractivity contribution >= 4 is 17.4 Å². The molecule has 6 heteroatoms. The number of nitrogens with one attached hydrogen (secondary N) is 1. The molecule has 0 aliphatic rings. The monoisotopic (exact) mass is 305 g/mol. The molecule has 1 heterocycles. The van der Waals surface area contributed by atoms with Gasteiger partial charge in [0.05, 0.1) is 7.11 Å². The third-order valence-corrected chi connectivity index (χ3v) is 3.88. The molecule has 1 aromatic heterocycles. The average molecular weight is 305 g/mol. The first-order chi connectivity index (χ1) is 10.1. The van der Waals surface area contributed by atoms with Gasteiger partial charge in [0.1, 0.15) is 5.75 Å². The maximum Gasteiger partial charge on any atom is 0.251 e. The number of benzene rings is 1. The van der Waals surface area contributed by atoms with Gasteiger partial charge in [0.25, 0.3) is 5.56 Å². The van der Waals surface area contributed by atoms with E-state index in [1.54, 1.807) is 19.2 Å². The van der Waals surface area contributed by atoms with E-state index in [1.165, 1.54) is 11.8 Å². The molecule has 5 nitrogen and oxygen atoms in total. The van der Waals surface area contributed by atoms with E-state index in [-0.39, 0.29) is 5.56 Å². The van der Waals surface area contributed by atoms with Crippen LogP contribution < -0.4 is 16.0 Å². The van der Waals surface area contributed by atoms with Crippen molar-refractivity contribution in [3.05, 3.63) is 45.9 Å². The first-order valence-corrected chi connectivity index (χ1v) is 7.76. The summed E-state index contributed by atoms with van der Waals surface area (Å²) < 4.78 is 5.31. The summed E-state index contributed by atoms with van der Waals surface area (Å²) in [7, 11) is 1.62. The molecule has 3 N–H and O–H groups in total. The van der Waals surface area contributed by atoms with Crippen LogP contribution in [0, 0.1) is 0 Å². The largest absolute Gasteiger partial charge is 0.496 e. The molecule has 0 fully saturated rings. The summed E-state index contributed by atoms with van der Waals surface area (Å²) in [6.07, 6.45) is 1.77. The lowest BCUT2D eigenvalue weighted by molar-refractivity contribution is 0.411. The standard InChI is InChI=1S/C15H19N3O2S/c1-3-4-12-8-14(19)18-15(17-12)21-9-10-5-6-11(16)7-13(10)20-2/h5-8H,3-4,9,16H2,1-2H3,(H,17,18,19). The van der Waals surface area contributed by atoms with Crippen molar-refractivity contribution in [3.8, 4) is 5.75 Å². The van der Waals surface area contributed by atoms with Gasteiger partial charge < -0.3 is 15.5 Å². The van der Waals surface area contributed by atoms with E-state index in [9.17, 15) is 4.79 Å². The summed E-state index contributed by atoms with van der Waals surface area (Å²) in [4.78, 5) is 18.8. The Hall–Kier alpha value is -1.95. The lowest BCUT2D eigenvalue weighted by atomic mass is 10.2. The predicted octanol–water partition coefficient (Wildman–Crippen LogP) is 2.61. The molecule has 1 aromatic carbocycles. The van der Waals surface area contributed by atoms with Crippen LogP contribution >= 0.6 is 11.8 Å². The van der Waals surface area contributed by atoms with Crippen LogP contribution in [0.25, 0.3) is 0 Å². The Bertz CT molecular complexity index is 670. The number of aryl methyl sites for hydroxylation is 1. The molecule has 0 atom stereocenters. The molecule has 0 amide bonds. The summed E-state index contributed by atoms with van der Waals surface area (Å²) in [5.74, 6) is 1.40. The number of methoxy groups -OCH3 is 1. The Balaban J connectivity index is 2.14. The number of nitrogens with two attached hydrogens (primary N) is 1. The quantitative estimate of drug-likeness (QED) is 0.487. The summed E-state index contributed by atoms with van der Waals surface area (Å²) in [5.41, 5.74) is 8.13. The minimum atomic E-state index is -0.111. The van der Waals surface area contributed by atoms with Crippen molar-refractivity contribution in [1.29, 1.82) is 0 Å². The van der Waals surface area contributed by atoms with Crippen LogP contribution in [0.2, 0.25) is 0 Å². The highest BCUT2D eigenvalue weighted by Crippen LogP contribution is 2.27. The Kier molecular flexibility index (Phi) is 5.27. The van der Waals surface area contributed by atoms with Gasteiger partial charge in [-0.2, -0.15) is 0 Å². The Labute approximate surface area is 127 Å². The van der Waals surface area contributed by atoms with Gasteiger partial charge in [-0.25, -0.2) is 4.98 Å². The number of hydrogen-bond donors (Lipinski definition) is 2. The molecule has 0 saturated carbocycles. The van der Waals surface area contributed by atoms with E-state index < -0.39 is 0 Å². The Morgan fingerprint density at radius 3 is 2.90 bits per heavy atom. The van der Waals surface area contributed by atoms with E-state index in [0.717, 1.165) is 29.8 Å². The zero-order chi connectivity index (χ0) is 15.2. The summed E-state index contributed by atoms with van der Waals surface area (Å²) in [5, 5.41) is 0.629. The number of anilines is 1. The molecule has 0 aliphatic heterocycles. The normalized spacial score (nSPS) is 10.6. The lowest BCUT2D eigenvalue weighted by Crippen LogP contribution is -2.10. The van der Waals surface area contributed by atoms with Crippen molar-refractivity contribution in [2.45, 2.75) is 30.7 Å². The van der Waals surface area contributed by atoms with Crippen molar-refractivity contribution in [2.24, 2.45) is 0 Å². The number of nitrogens with zero attached hydrogens (tertiary/aromatic N) is 1. The number of nitrogen functional groups attached to an aromatic ring is 1. The lowest BCUT2D eigenvalue weighted by Gasteiger charge is -2.09. The SMILES string of the molecule is CCCc1cc(=O)[nH]c(SCc2ccc(N)cc2OC)n1. The van der Waals surface area contributed by atoms with E-state index >= 15 is 0 Å². The molecule has 0 saturated heterocycles. The molecule has 21 heavy (non-hydrogen) atoms. The minimum Gasteiger partial charge on any atom is -0.496 e. The first kappa shape index (κ1) is 15.4. The highest BCUT2D eigenvalue weighted by atomic mass is 32.2. The van der Waals surface area contributed by atoms with Gasteiger partial charge in [0, 0.05) is 34.8 Å². The van der Waals surface area contributed by atoms with Crippen LogP contribution in [-0.2, 0) is 12.2 Å². The van der Waals surface area contributed by atoms with Crippen LogP contribution in [0.3, 0.4) is 0 Å². The molecule has 2 rings (SSSR count). The van der Waals surface area contributed by atoms with E-state index in [4.69, 9.17) is 10.5 Å². The molecular formula is C15H19N3O2S. The third-order valence-electron chi connectivity index (χ3n) is 2.95. The van der Waals surface area contributed by atoms with Gasteiger partial charge in [0.2, 0.25) is 0 Å². The van der Waals surface area contributed by atoms with Crippen LogP contribution in [0.15, 0.2) is 34.2 Å². The highest BCUT2D eigenvalue weighted by Gasteiger charge is 2.07. The van der Waals surface area contributed by atoms with Gasteiger partial charge in [0.15, 0.2) is 5.16 Å². The van der Waals surface area contributed by atoms with Crippen molar-refractivity contribution in [1.82, 2.24) is 9.97 Å². The number of aromatic nitrogens is 2. The zero-order valence-electron chi connectivity index (χ0n) is 12.2. The summed E-state index contributed by atoms with van der Waals surface area (Å²) in [6.45, 7) is 2.06. The van der Waals surface area contributed by atoms with Crippen LogP contribution in [0.5, 0.6) is 5.75 Å². The highest BCUT2D eigenvalue weighted by molar-refractivity contribution is 7.98. The molecule has 0 bridgehead atoms. The van der Waals surface area contributed by atoms with Gasteiger partial charge >= 0.3 is 0 Å².